The van der Waals surface area contributed by atoms with Gasteiger partial charge in [0.15, 0.2) is 0 Å². The number of tetrazole rings is 1. The summed E-state index contributed by atoms with van der Waals surface area (Å²) in [5.74, 6) is 0.0655. The van der Waals surface area contributed by atoms with Crippen molar-refractivity contribution in [2.75, 3.05) is 5.32 Å². The fraction of sp³-hybridized carbons (Fsp3) is 0. The quantitative estimate of drug-likeness (QED) is 0.767. The van der Waals surface area contributed by atoms with Crippen LogP contribution in [-0.2, 0) is 0 Å². The predicted molar refractivity (Wildman–Crippen MR) is 78.7 cm³/mol. The van der Waals surface area contributed by atoms with E-state index in [4.69, 9.17) is 5.26 Å². The molecule has 1 aromatic heterocycles. The van der Waals surface area contributed by atoms with Crippen LogP contribution in [0.15, 0.2) is 48.5 Å². The summed E-state index contributed by atoms with van der Waals surface area (Å²) in [6.45, 7) is 0. The number of anilines is 1. The van der Waals surface area contributed by atoms with Crippen molar-refractivity contribution in [3.63, 3.8) is 0 Å². The molecule has 2 N–H and O–H groups in total. The molecule has 7 nitrogen and oxygen atoms in total. The first-order chi connectivity index (χ1) is 10.8. The highest BCUT2D eigenvalue weighted by Gasteiger charge is 2.15. The van der Waals surface area contributed by atoms with Gasteiger partial charge in [0.05, 0.1) is 17.2 Å². The highest BCUT2D eigenvalue weighted by atomic mass is 16.1. The molecule has 106 valence electrons. The van der Waals surface area contributed by atoms with Crippen molar-refractivity contribution >= 4 is 11.6 Å². The molecule has 0 unspecified atom stereocenters. The summed E-state index contributed by atoms with van der Waals surface area (Å²) in [4.78, 5) is 12.4. The second-order valence-corrected chi connectivity index (χ2v) is 4.42. The monoisotopic (exact) mass is 290 g/mol. The number of amides is 1. The molecular weight excluding hydrogens is 280 g/mol. The van der Waals surface area contributed by atoms with Gasteiger partial charge in [0, 0.05) is 11.3 Å². The van der Waals surface area contributed by atoms with Gasteiger partial charge in [-0.2, -0.15) is 10.5 Å². The molecule has 0 fully saturated rings. The van der Waals surface area contributed by atoms with Crippen LogP contribution in [0.2, 0.25) is 0 Å². The van der Waals surface area contributed by atoms with Crippen LogP contribution in [-0.4, -0.2) is 26.5 Å². The first-order valence-electron chi connectivity index (χ1n) is 6.42. The summed E-state index contributed by atoms with van der Waals surface area (Å²) in [5, 5.41) is 25.2. The van der Waals surface area contributed by atoms with Crippen molar-refractivity contribution in [1.29, 1.82) is 5.26 Å². The Morgan fingerprint density at radius 3 is 2.59 bits per heavy atom. The van der Waals surface area contributed by atoms with Crippen molar-refractivity contribution in [2.45, 2.75) is 0 Å². The molecule has 0 aliphatic rings. The van der Waals surface area contributed by atoms with Crippen molar-refractivity contribution in [3.8, 4) is 17.5 Å². The highest BCUT2D eigenvalue weighted by Crippen LogP contribution is 2.20. The lowest BCUT2D eigenvalue weighted by Gasteiger charge is -2.08. The largest absolute Gasteiger partial charge is 0.322 e. The Kier molecular flexibility index (Phi) is 3.58. The molecule has 0 saturated carbocycles. The molecule has 0 saturated heterocycles. The van der Waals surface area contributed by atoms with E-state index in [0.717, 1.165) is 0 Å². The maximum Gasteiger partial charge on any atom is 0.256 e. The number of nitrogens with zero attached hydrogens (tertiary/aromatic N) is 4. The minimum Gasteiger partial charge on any atom is -0.322 e. The number of rotatable bonds is 3. The molecule has 22 heavy (non-hydrogen) atoms. The fourth-order valence-electron chi connectivity index (χ4n) is 1.98. The van der Waals surface area contributed by atoms with Gasteiger partial charge in [0.1, 0.15) is 0 Å². The molecule has 3 rings (SSSR count). The Bertz CT molecular complexity index is 833. The number of benzene rings is 2. The molecule has 0 spiro atoms. The topological polar surface area (TPSA) is 107 Å². The Labute approximate surface area is 125 Å². The maximum absolute atomic E-state index is 12.4. The van der Waals surface area contributed by atoms with E-state index < -0.39 is 0 Å². The van der Waals surface area contributed by atoms with Gasteiger partial charge in [0.2, 0.25) is 5.82 Å². The fourth-order valence-corrected chi connectivity index (χ4v) is 1.98. The van der Waals surface area contributed by atoms with Gasteiger partial charge in [0.25, 0.3) is 5.91 Å². The zero-order chi connectivity index (χ0) is 15.4. The van der Waals surface area contributed by atoms with E-state index in [1.54, 1.807) is 48.5 Å². The Hall–Kier alpha value is -3.53. The first kappa shape index (κ1) is 13.5. The van der Waals surface area contributed by atoms with E-state index in [9.17, 15) is 4.79 Å². The van der Waals surface area contributed by atoms with Gasteiger partial charge in [-0.05, 0) is 35.5 Å². The number of nitriles is 1. The number of hydrogen-bond donors (Lipinski definition) is 2. The second-order valence-electron chi connectivity index (χ2n) is 4.42. The average Bonchev–Trinajstić information content (AvgIpc) is 3.10. The molecule has 3 aromatic rings. The smallest absolute Gasteiger partial charge is 0.256 e. The third kappa shape index (κ3) is 2.66. The average molecular weight is 290 g/mol. The van der Waals surface area contributed by atoms with Gasteiger partial charge in [-0.15, -0.1) is 10.2 Å². The molecule has 1 heterocycles. The molecule has 0 aliphatic carbocycles. The summed E-state index contributed by atoms with van der Waals surface area (Å²) in [6.07, 6.45) is 0. The lowest BCUT2D eigenvalue weighted by Crippen LogP contribution is -2.13. The molecule has 0 radical (unpaired) electrons. The van der Waals surface area contributed by atoms with Crippen molar-refractivity contribution in [2.24, 2.45) is 0 Å². The number of aromatic nitrogens is 4. The number of hydrogen-bond acceptors (Lipinski definition) is 5. The molecule has 0 aliphatic heterocycles. The van der Waals surface area contributed by atoms with Crippen LogP contribution in [0.25, 0.3) is 11.4 Å². The Morgan fingerprint density at radius 1 is 1.14 bits per heavy atom. The van der Waals surface area contributed by atoms with Crippen LogP contribution in [0, 0.1) is 11.3 Å². The third-order valence-corrected chi connectivity index (χ3v) is 3.03. The van der Waals surface area contributed by atoms with Crippen molar-refractivity contribution in [3.05, 3.63) is 59.7 Å². The van der Waals surface area contributed by atoms with E-state index >= 15 is 0 Å². The third-order valence-electron chi connectivity index (χ3n) is 3.03. The second kappa shape index (κ2) is 5.85. The number of H-pyrrole nitrogens is 1. The van der Waals surface area contributed by atoms with Gasteiger partial charge in [-0.25, -0.2) is 0 Å². The number of nitrogens with one attached hydrogen (secondary N) is 2. The minimum absolute atomic E-state index is 0.287. The van der Waals surface area contributed by atoms with E-state index in [-0.39, 0.29) is 5.91 Å². The maximum atomic E-state index is 12.4. The van der Waals surface area contributed by atoms with Crippen LogP contribution in [0.1, 0.15) is 15.9 Å². The lowest BCUT2D eigenvalue weighted by atomic mass is 10.1. The van der Waals surface area contributed by atoms with Crippen LogP contribution < -0.4 is 5.32 Å². The minimum atomic E-state index is -0.287. The summed E-state index contributed by atoms with van der Waals surface area (Å²) in [7, 11) is 0. The normalized spacial score (nSPS) is 9.95. The first-order valence-corrected chi connectivity index (χ1v) is 6.42. The van der Waals surface area contributed by atoms with E-state index in [1.165, 1.54) is 0 Å². The summed E-state index contributed by atoms with van der Waals surface area (Å²) < 4.78 is 0. The number of aromatic amines is 1. The summed E-state index contributed by atoms with van der Waals surface area (Å²) >= 11 is 0. The Balaban J connectivity index is 1.88. The zero-order valence-corrected chi connectivity index (χ0v) is 11.3. The van der Waals surface area contributed by atoms with Crippen LogP contribution in [0.4, 0.5) is 5.69 Å². The number of carbonyl (C=O) groups excluding carboxylic acids is 1. The van der Waals surface area contributed by atoms with Crippen LogP contribution in [0.5, 0.6) is 0 Å². The molecule has 0 atom stereocenters. The van der Waals surface area contributed by atoms with Crippen molar-refractivity contribution < 1.29 is 4.79 Å². The zero-order valence-electron chi connectivity index (χ0n) is 11.3. The summed E-state index contributed by atoms with van der Waals surface area (Å²) in [5.41, 5.74) is 2.16. The van der Waals surface area contributed by atoms with Gasteiger partial charge < -0.3 is 5.32 Å². The van der Waals surface area contributed by atoms with E-state index in [1.807, 2.05) is 6.07 Å². The van der Waals surface area contributed by atoms with E-state index in [2.05, 4.69) is 25.9 Å². The highest BCUT2D eigenvalue weighted by molar-refractivity contribution is 6.08. The van der Waals surface area contributed by atoms with Gasteiger partial charge in [-0.1, -0.05) is 18.2 Å². The molecule has 2 aromatic carbocycles. The van der Waals surface area contributed by atoms with Crippen molar-refractivity contribution in [1.82, 2.24) is 20.6 Å². The van der Waals surface area contributed by atoms with Gasteiger partial charge in [-0.3, -0.25) is 4.79 Å². The molecular formula is C15H10N6O. The lowest BCUT2D eigenvalue weighted by molar-refractivity contribution is 0.102. The van der Waals surface area contributed by atoms with Gasteiger partial charge >= 0.3 is 0 Å². The van der Waals surface area contributed by atoms with Crippen LogP contribution in [0.3, 0.4) is 0 Å². The van der Waals surface area contributed by atoms with E-state index in [0.29, 0.717) is 28.2 Å². The summed E-state index contributed by atoms with van der Waals surface area (Å²) in [6, 6.07) is 15.6. The van der Waals surface area contributed by atoms with Crippen LogP contribution >= 0.6 is 0 Å². The molecule has 0 bridgehead atoms. The Morgan fingerprint density at radius 2 is 1.91 bits per heavy atom. The number of carbonyl (C=O) groups is 1. The molecule has 7 heteroatoms. The predicted octanol–water partition coefficient (Wildman–Crippen LogP) is 1.99. The molecule has 1 amide bonds. The SMILES string of the molecule is N#Cc1ccc(NC(=O)c2ccccc2-c2nn[nH]n2)cc1. The standard InChI is InChI=1S/C15H10N6O/c16-9-10-5-7-11(8-6-10)17-15(22)13-4-2-1-3-12(13)14-18-20-21-19-14/h1-8H,(H,17,22)(H,18,19,20,21).